The van der Waals surface area contributed by atoms with Crippen molar-refractivity contribution in [2.24, 2.45) is 0 Å². The molecule has 168 valence electrons. The summed E-state index contributed by atoms with van der Waals surface area (Å²) in [6.07, 6.45) is 2.15. The first-order valence-electron chi connectivity index (χ1n) is 11.1. The third-order valence-electron chi connectivity index (χ3n) is 5.78. The predicted octanol–water partition coefficient (Wildman–Crippen LogP) is 3.70. The van der Waals surface area contributed by atoms with Crippen molar-refractivity contribution in [3.63, 3.8) is 0 Å². The van der Waals surface area contributed by atoms with Crippen LogP contribution in [-0.2, 0) is 9.47 Å². The molecule has 2 atom stereocenters. The molecule has 2 aromatic rings. The van der Waals surface area contributed by atoms with Crippen molar-refractivity contribution in [3.8, 4) is 0 Å². The standard InChI is InChI=1S/C25H35N3O3/c1-4-14-26-25(29)21-11-8-12-22(16-21)27(2)24(20-9-6-5-7-10-20)18-28-15-13-23(17-28)31-19-30-3/h5-12,16,23-24H,4,13-15,17-19H2,1-3H3,(H,26,29). The minimum absolute atomic E-state index is 0.0222. The van der Waals surface area contributed by atoms with E-state index in [1.54, 1.807) is 7.11 Å². The van der Waals surface area contributed by atoms with Gasteiger partial charge in [0.25, 0.3) is 5.91 Å². The first kappa shape index (κ1) is 23.3. The van der Waals surface area contributed by atoms with E-state index in [0.29, 0.717) is 18.9 Å². The summed E-state index contributed by atoms with van der Waals surface area (Å²) >= 11 is 0. The van der Waals surface area contributed by atoms with E-state index >= 15 is 0 Å². The second kappa shape index (κ2) is 11.8. The zero-order valence-corrected chi connectivity index (χ0v) is 18.9. The van der Waals surface area contributed by atoms with Crippen LogP contribution in [0.25, 0.3) is 0 Å². The number of hydrogen-bond donors (Lipinski definition) is 1. The molecule has 1 aliphatic rings. The molecule has 0 aliphatic carbocycles. The number of nitrogens with zero attached hydrogens (tertiary/aromatic N) is 2. The van der Waals surface area contributed by atoms with Gasteiger partial charge in [0.1, 0.15) is 6.79 Å². The molecule has 6 heteroatoms. The van der Waals surface area contributed by atoms with E-state index in [9.17, 15) is 4.79 Å². The number of amides is 1. The molecule has 1 fully saturated rings. The van der Waals surface area contributed by atoms with Gasteiger partial charge >= 0.3 is 0 Å². The van der Waals surface area contributed by atoms with Gasteiger partial charge in [-0.25, -0.2) is 0 Å². The zero-order chi connectivity index (χ0) is 22.1. The fourth-order valence-electron chi connectivity index (χ4n) is 4.02. The van der Waals surface area contributed by atoms with E-state index in [1.165, 1.54) is 5.56 Å². The third kappa shape index (κ3) is 6.53. The molecule has 0 spiro atoms. The molecule has 6 nitrogen and oxygen atoms in total. The molecule has 2 unspecified atom stereocenters. The van der Waals surface area contributed by atoms with Crippen LogP contribution in [0.4, 0.5) is 5.69 Å². The van der Waals surface area contributed by atoms with E-state index in [2.05, 4.69) is 59.4 Å². The molecule has 31 heavy (non-hydrogen) atoms. The number of ether oxygens (including phenoxy) is 2. The number of carbonyl (C=O) groups is 1. The normalized spacial score (nSPS) is 17.5. The Morgan fingerprint density at radius 1 is 1.23 bits per heavy atom. The molecule has 0 radical (unpaired) electrons. The molecule has 2 aromatic carbocycles. The highest BCUT2D eigenvalue weighted by Gasteiger charge is 2.28. The van der Waals surface area contributed by atoms with Gasteiger partial charge in [0, 0.05) is 51.6 Å². The maximum atomic E-state index is 12.5. The number of methoxy groups -OCH3 is 1. The molecule has 1 amide bonds. The largest absolute Gasteiger partial charge is 0.366 e. The van der Waals surface area contributed by atoms with Crippen molar-refractivity contribution in [1.82, 2.24) is 10.2 Å². The lowest BCUT2D eigenvalue weighted by Crippen LogP contribution is -2.36. The number of likely N-dealkylation sites (N-methyl/N-ethyl adjacent to an activating group) is 1. The summed E-state index contributed by atoms with van der Waals surface area (Å²) in [5, 5.41) is 2.97. The van der Waals surface area contributed by atoms with Crippen LogP contribution in [0, 0.1) is 0 Å². The SMILES string of the molecule is CCCNC(=O)c1cccc(N(C)C(CN2CCC(OCOC)C2)c2ccccc2)c1. The highest BCUT2D eigenvalue weighted by molar-refractivity contribution is 5.95. The van der Waals surface area contributed by atoms with E-state index in [4.69, 9.17) is 9.47 Å². The summed E-state index contributed by atoms with van der Waals surface area (Å²) in [6.45, 7) is 5.88. The molecule has 0 aromatic heterocycles. The third-order valence-corrected chi connectivity index (χ3v) is 5.78. The van der Waals surface area contributed by atoms with Crippen LogP contribution in [-0.4, -0.2) is 64.0 Å². The van der Waals surface area contributed by atoms with Crippen molar-refractivity contribution in [2.75, 3.05) is 52.0 Å². The van der Waals surface area contributed by atoms with Crippen molar-refractivity contribution in [2.45, 2.75) is 31.9 Å². The first-order chi connectivity index (χ1) is 15.1. The molecule has 0 saturated carbocycles. The van der Waals surface area contributed by atoms with Crippen molar-refractivity contribution >= 4 is 11.6 Å². The van der Waals surface area contributed by atoms with Gasteiger partial charge in [-0.05, 0) is 36.6 Å². The second-order valence-corrected chi connectivity index (χ2v) is 8.09. The number of benzene rings is 2. The Bertz CT molecular complexity index is 815. The molecule has 1 N–H and O–H groups in total. The Kier molecular flexibility index (Phi) is 8.88. The van der Waals surface area contributed by atoms with Gasteiger partial charge in [0.15, 0.2) is 0 Å². The quantitative estimate of drug-likeness (QED) is 0.557. The molecule has 0 bridgehead atoms. The average molecular weight is 426 g/mol. The maximum Gasteiger partial charge on any atom is 0.251 e. The predicted molar refractivity (Wildman–Crippen MR) is 124 cm³/mol. The van der Waals surface area contributed by atoms with Crippen molar-refractivity contribution < 1.29 is 14.3 Å². The van der Waals surface area contributed by atoms with Gasteiger partial charge in [-0.15, -0.1) is 0 Å². The van der Waals surface area contributed by atoms with Gasteiger partial charge in [0.05, 0.1) is 12.1 Å². The average Bonchev–Trinajstić information content (AvgIpc) is 3.27. The lowest BCUT2D eigenvalue weighted by molar-refractivity contribution is -0.0671. The highest BCUT2D eigenvalue weighted by atomic mass is 16.7. The lowest BCUT2D eigenvalue weighted by Gasteiger charge is -2.34. The van der Waals surface area contributed by atoms with Crippen LogP contribution in [0.1, 0.15) is 41.7 Å². The van der Waals surface area contributed by atoms with Crippen LogP contribution in [0.2, 0.25) is 0 Å². The molecule has 1 saturated heterocycles. The fraction of sp³-hybridized carbons (Fsp3) is 0.480. The van der Waals surface area contributed by atoms with E-state index < -0.39 is 0 Å². The Labute approximate surface area is 186 Å². The smallest absolute Gasteiger partial charge is 0.251 e. The monoisotopic (exact) mass is 425 g/mol. The first-order valence-corrected chi connectivity index (χ1v) is 11.1. The van der Waals surface area contributed by atoms with E-state index in [0.717, 1.165) is 38.2 Å². The van der Waals surface area contributed by atoms with Crippen LogP contribution >= 0.6 is 0 Å². The Balaban J connectivity index is 1.76. The van der Waals surface area contributed by atoms with Gasteiger partial charge in [-0.2, -0.15) is 0 Å². The number of likely N-dealkylation sites (tertiary alicyclic amines) is 1. The Morgan fingerprint density at radius 3 is 2.77 bits per heavy atom. The maximum absolute atomic E-state index is 12.5. The van der Waals surface area contributed by atoms with Crippen molar-refractivity contribution in [3.05, 3.63) is 65.7 Å². The second-order valence-electron chi connectivity index (χ2n) is 8.09. The summed E-state index contributed by atoms with van der Waals surface area (Å²) in [5.41, 5.74) is 2.98. The van der Waals surface area contributed by atoms with Crippen LogP contribution in [0.3, 0.4) is 0 Å². The number of carbonyl (C=O) groups excluding carboxylic acids is 1. The molecule has 1 aliphatic heterocycles. The van der Waals surface area contributed by atoms with Gasteiger partial charge < -0.3 is 19.7 Å². The summed E-state index contributed by atoms with van der Waals surface area (Å²) < 4.78 is 10.8. The van der Waals surface area contributed by atoms with Gasteiger partial charge in [0.2, 0.25) is 0 Å². The molecule has 1 heterocycles. The van der Waals surface area contributed by atoms with Crippen LogP contribution < -0.4 is 10.2 Å². The van der Waals surface area contributed by atoms with Crippen LogP contribution in [0.15, 0.2) is 54.6 Å². The molecular weight excluding hydrogens is 390 g/mol. The summed E-state index contributed by atoms with van der Waals surface area (Å²) in [5.74, 6) is -0.0222. The summed E-state index contributed by atoms with van der Waals surface area (Å²) in [7, 11) is 3.76. The lowest BCUT2D eigenvalue weighted by atomic mass is 10.0. The highest BCUT2D eigenvalue weighted by Crippen LogP contribution is 2.28. The molecule has 3 rings (SSSR count). The Morgan fingerprint density at radius 2 is 2.03 bits per heavy atom. The summed E-state index contributed by atoms with van der Waals surface area (Å²) in [4.78, 5) is 17.2. The topological polar surface area (TPSA) is 54.0 Å². The summed E-state index contributed by atoms with van der Waals surface area (Å²) in [6, 6.07) is 18.6. The van der Waals surface area contributed by atoms with Gasteiger partial charge in [-0.1, -0.05) is 43.3 Å². The number of anilines is 1. The van der Waals surface area contributed by atoms with E-state index in [-0.39, 0.29) is 18.1 Å². The Hall–Kier alpha value is -2.41. The molecular formula is C25H35N3O3. The zero-order valence-electron chi connectivity index (χ0n) is 18.9. The number of rotatable bonds is 11. The number of nitrogens with one attached hydrogen (secondary N) is 1. The van der Waals surface area contributed by atoms with Crippen molar-refractivity contribution in [1.29, 1.82) is 0 Å². The number of hydrogen-bond acceptors (Lipinski definition) is 5. The van der Waals surface area contributed by atoms with E-state index in [1.807, 2.05) is 24.3 Å². The van der Waals surface area contributed by atoms with Gasteiger partial charge in [-0.3, -0.25) is 9.69 Å². The minimum Gasteiger partial charge on any atom is -0.366 e. The minimum atomic E-state index is -0.0222. The van der Waals surface area contributed by atoms with Crippen LogP contribution in [0.5, 0.6) is 0 Å². The fourth-order valence-corrected chi connectivity index (χ4v) is 4.02.